The Morgan fingerprint density at radius 1 is 1.13 bits per heavy atom. The van der Waals surface area contributed by atoms with Gasteiger partial charge >= 0.3 is 0 Å². The van der Waals surface area contributed by atoms with Gasteiger partial charge in [-0.15, -0.1) is 16.4 Å². The molecule has 5 rings (SSSR count). The number of rotatable bonds is 5. The molecule has 1 fully saturated rings. The van der Waals surface area contributed by atoms with Gasteiger partial charge in [-0.25, -0.2) is 9.67 Å². The van der Waals surface area contributed by atoms with Crippen LogP contribution in [0.5, 0.6) is 0 Å². The van der Waals surface area contributed by atoms with Crippen LogP contribution in [0.25, 0.3) is 32.6 Å². The average Bonchev–Trinajstić information content (AvgIpc) is 3.53. The molecule has 2 heterocycles. The Labute approximate surface area is 179 Å². The fourth-order valence-corrected chi connectivity index (χ4v) is 4.95. The lowest BCUT2D eigenvalue weighted by molar-refractivity contribution is -0.121. The minimum absolute atomic E-state index is 0.117. The van der Waals surface area contributed by atoms with Gasteiger partial charge in [-0.2, -0.15) is 0 Å². The van der Waals surface area contributed by atoms with Crippen molar-refractivity contribution in [3.63, 3.8) is 0 Å². The molecule has 0 saturated heterocycles. The molecule has 1 aliphatic carbocycles. The molecule has 1 saturated carbocycles. The molecule has 2 atom stereocenters. The predicted octanol–water partition coefficient (Wildman–Crippen LogP) is 4.84. The highest BCUT2D eigenvalue weighted by molar-refractivity contribution is 7.16. The van der Waals surface area contributed by atoms with Crippen LogP contribution in [0.2, 0.25) is 0 Å². The standard InChI is InChI=1S/C23H23N5OS/c1-2-23(29)26-18-8-9-19(12-18)28-21(13-25-27-28)16-5-3-15(4-6-16)17-7-10-20-22(11-17)30-14-24-20/h3-7,10-11,13-14,18-19H,2,8-9,12H2,1H3,(H,26,29). The first kappa shape index (κ1) is 18.9. The summed E-state index contributed by atoms with van der Waals surface area (Å²) in [6, 6.07) is 15.4. The van der Waals surface area contributed by atoms with E-state index in [1.54, 1.807) is 11.3 Å². The summed E-state index contributed by atoms with van der Waals surface area (Å²) in [5, 5.41) is 11.7. The summed E-state index contributed by atoms with van der Waals surface area (Å²) in [4.78, 5) is 16.1. The monoisotopic (exact) mass is 417 g/mol. The van der Waals surface area contributed by atoms with E-state index in [-0.39, 0.29) is 18.0 Å². The molecule has 0 bridgehead atoms. The minimum Gasteiger partial charge on any atom is -0.353 e. The molecular formula is C23H23N5OS. The quantitative estimate of drug-likeness (QED) is 0.504. The van der Waals surface area contributed by atoms with Crippen LogP contribution in [-0.2, 0) is 4.79 Å². The molecule has 4 aromatic rings. The van der Waals surface area contributed by atoms with Gasteiger partial charge in [0.25, 0.3) is 0 Å². The number of nitrogens with zero attached hydrogens (tertiary/aromatic N) is 4. The third-order valence-corrected chi connectivity index (χ3v) is 6.65. The van der Waals surface area contributed by atoms with Crippen LogP contribution in [-0.4, -0.2) is 31.9 Å². The predicted molar refractivity (Wildman–Crippen MR) is 119 cm³/mol. The van der Waals surface area contributed by atoms with Crippen molar-refractivity contribution < 1.29 is 4.79 Å². The maximum atomic E-state index is 11.7. The van der Waals surface area contributed by atoms with E-state index in [0.29, 0.717) is 6.42 Å². The number of thiazole rings is 1. The molecule has 7 heteroatoms. The average molecular weight is 418 g/mol. The van der Waals surface area contributed by atoms with E-state index in [1.807, 2.05) is 23.3 Å². The largest absolute Gasteiger partial charge is 0.353 e. The van der Waals surface area contributed by atoms with Gasteiger partial charge in [0.05, 0.1) is 33.7 Å². The molecule has 1 aliphatic rings. The van der Waals surface area contributed by atoms with E-state index in [0.717, 1.165) is 36.0 Å². The van der Waals surface area contributed by atoms with E-state index in [2.05, 4.69) is 63.1 Å². The summed E-state index contributed by atoms with van der Waals surface area (Å²) >= 11 is 1.66. The van der Waals surface area contributed by atoms with E-state index in [1.165, 1.54) is 15.8 Å². The Kier molecular flexibility index (Phi) is 5.04. The highest BCUT2D eigenvalue weighted by atomic mass is 32.1. The third-order valence-electron chi connectivity index (χ3n) is 5.86. The van der Waals surface area contributed by atoms with Crippen molar-refractivity contribution in [1.29, 1.82) is 0 Å². The van der Waals surface area contributed by atoms with E-state index in [4.69, 9.17) is 0 Å². The summed E-state index contributed by atoms with van der Waals surface area (Å²) < 4.78 is 3.22. The second kappa shape index (κ2) is 7.99. The van der Waals surface area contributed by atoms with Gasteiger partial charge in [-0.1, -0.05) is 42.5 Å². The number of carbonyl (C=O) groups is 1. The minimum atomic E-state index is 0.117. The smallest absolute Gasteiger partial charge is 0.219 e. The lowest BCUT2D eigenvalue weighted by atomic mass is 10.0. The van der Waals surface area contributed by atoms with Crippen LogP contribution in [0.4, 0.5) is 0 Å². The molecular weight excluding hydrogens is 394 g/mol. The summed E-state index contributed by atoms with van der Waals surface area (Å²) in [7, 11) is 0. The SMILES string of the molecule is CCC(=O)NC1CCC(n2nncc2-c2ccc(-c3ccc4ncsc4c3)cc2)C1. The molecule has 0 spiro atoms. The van der Waals surface area contributed by atoms with Crippen molar-refractivity contribution in [2.24, 2.45) is 0 Å². The van der Waals surface area contributed by atoms with Crippen LogP contribution < -0.4 is 5.32 Å². The number of nitrogens with one attached hydrogen (secondary N) is 1. The number of amides is 1. The third kappa shape index (κ3) is 3.61. The number of aromatic nitrogens is 4. The van der Waals surface area contributed by atoms with E-state index in [9.17, 15) is 4.79 Å². The zero-order chi connectivity index (χ0) is 20.5. The lowest BCUT2D eigenvalue weighted by Gasteiger charge is -2.15. The van der Waals surface area contributed by atoms with Crippen LogP contribution in [0, 0.1) is 0 Å². The van der Waals surface area contributed by atoms with Crippen molar-refractivity contribution in [2.75, 3.05) is 0 Å². The number of carbonyl (C=O) groups excluding carboxylic acids is 1. The number of benzene rings is 2. The van der Waals surface area contributed by atoms with Gasteiger partial charge in [0.15, 0.2) is 0 Å². The topological polar surface area (TPSA) is 72.7 Å². The summed E-state index contributed by atoms with van der Waals surface area (Å²) in [6.45, 7) is 1.89. The molecule has 0 aliphatic heterocycles. The van der Waals surface area contributed by atoms with Gasteiger partial charge in [-0.05, 0) is 42.5 Å². The first-order valence-corrected chi connectivity index (χ1v) is 11.2. The first-order chi connectivity index (χ1) is 14.7. The maximum absolute atomic E-state index is 11.7. The second-order valence-corrected chi connectivity index (χ2v) is 8.65. The fraction of sp³-hybridized carbons (Fsp3) is 0.304. The number of hydrogen-bond donors (Lipinski definition) is 1. The molecule has 2 unspecified atom stereocenters. The molecule has 2 aromatic carbocycles. The molecule has 0 radical (unpaired) electrons. The van der Waals surface area contributed by atoms with Crippen LogP contribution >= 0.6 is 11.3 Å². The summed E-state index contributed by atoms with van der Waals surface area (Å²) in [6.07, 6.45) is 5.23. The zero-order valence-corrected chi connectivity index (χ0v) is 17.6. The Morgan fingerprint density at radius 3 is 2.77 bits per heavy atom. The van der Waals surface area contributed by atoms with Gasteiger partial charge in [0.2, 0.25) is 5.91 Å². The summed E-state index contributed by atoms with van der Waals surface area (Å²) in [5.41, 5.74) is 7.41. The highest BCUT2D eigenvalue weighted by Crippen LogP contribution is 2.34. The van der Waals surface area contributed by atoms with Crippen molar-refractivity contribution in [3.8, 4) is 22.4 Å². The maximum Gasteiger partial charge on any atom is 0.219 e. The van der Waals surface area contributed by atoms with Crippen LogP contribution in [0.1, 0.15) is 38.6 Å². The number of hydrogen-bond acceptors (Lipinski definition) is 5. The second-order valence-electron chi connectivity index (χ2n) is 7.76. The van der Waals surface area contributed by atoms with Crippen LogP contribution in [0.3, 0.4) is 0 Å². The summed E-state index contributed by atoms with van der Waals surface area (Å²) in [5.74, 6) is 0.117. The van der Waals surface area contributed by atoms with Crippen LogP contribution in [0.15, 0.2) is 54.2 Å². The van der Waals surface area contributed by atoms with Gasteiger partial charge in [0.1, 0.15) is 0 Å². The molecule has 30 heavy (non-hydrogen) atoms. The van der Waals surface area contributed by atoms with Gasteiger partial charge in [0, 0.05) is 18.0 Å². The molecule has 1 amide bonds. The normalized spacial score (nSPS) is 18.7. The lowest BCUT2D eigenvalue weighted by Crippen LogP contribution is -2.32. The van der Waals surface area contributed by atoms with Crippen molar-refractivity contribution in [1.82, 2.24) is 25.3 Å². The first-order valence-electron chi connectivity index (χ1n) is 10.3. The van der Waals surface area contributed by atoms with Crippen molar-refractivity contribution in [3.05, 3.63) is 54.2 Å². The molecule has 152 valence electrons. The van der Waals surface area contributed by atoms with Gasteiger partial charge in [-0.3, -0.25) is 4.79 Å². The van der Waals surface area contributed by atoms with Crippen molar-refractivity contribution >= 4 is 27.5 Å². The molecule has 6 nitrogen and oxygen atoms in total. The molecule has 2 aromatic heterocycles. The Balaban J connectivity index is 1.36. The van der Waals surface area contributed by atoms with E-state index < -0.39 is 0 Å². The zero-order valence-electron chi connectivity index (χ0n) is 16.8. The fourth-order valence-electron chi connectivity index (χ4n) is 4.23. The Morgan fingerprint density at radius 2 is 1.93 bits per heavy atom. The Bertz CT molecular complexity index is 1180. The highest BCUT2D eigenvalue weighted by Gasteiger charge is 2.29. The van der Waals surface area contributed by atoms with Crippen molar-refractivity contribution in [2.45, 2.75) is 44.7 Å². The van der Waals surface area contributed by atoms with Gasteiger partial charge < -0.3 is 5.32 Å². The Hall–Kier alpha value is -3.06. The number of fused-ring (bicyclic) bond motifs is 1. The molecule has 1 N–H and O–H groups in total. The van der Waals surface area contributed by atoms with E-state index >= 15 is 0 Å².